The number of rotatable bonds is 6. The molecule has 120 valence electrons. The minimum Gasteiger partial charge on any atom is -0.480 e. The molecule has 6 nitrogen and oxygen atoms in total. The van der Waals surface area contributed by atoms with Crippen molar-refractivity contribution >= 4 is 16.0 Å². The van der Waals surface area contributed by atoms with Crippen LogP contribution in [0, 0.1) is 25.2 Å². The Morgan fingerprint density at radius 3 is 2.41 bits per heavy atom. The van der Waals surface area contributed by atoms with Gasteiger partial charge < -0.3 is 5.11 Å². The van der Waals surface area contributed by atoms with E-state index in [2.05, 4.69) is 0 Å². The largest absolute Gasteiger partial charge is 0.480 e. The van der Waals surface area contributed by atoms with E-state index in [0.29, 0.717) is 5.56 Å². The summed E-state index contributed by atoms with van der Waals surface area (Å²) in [7, 11) is -4.02. The van der Waals surface area contributed by atoms with Crippen LogP contribution in [0.1, 0.15) is 31.4 Å². The predicted octanol–water partition coefficient (Wildman–Crippen LogP) is 2.07. The maximum absolute atomic E-state index is 12.9. The summed E-state index contributed by atoms with van der Waals surface area (Å²) in [4.78, 5) is 11.5. The highest BCUT2D eigenvalue weighted by Gasteiger charge is 2.42. The molecule has 0 fully saturated rings. The summed E-state index contributed by atoms with van der Waals surface area (Å²) < 4.78 is 26.6. The number of carboxylic acids is 1. The van der Waals surface area contributed by atoms with Crippen LogP contribution in [0.4, 0.5) is 0 Å². The molecule has 0 bridgehead atoms. The maximum Gasteiger partial charge on any atom is 0.324 e. The predicted molar refractivity (Wildman–Crippen MR) is 81.8 cm³/mol. The fraction of sp³-hybridized carbons (Fsp3) is 0.467. The number of benzene rings is 1. The van der Waals surface area contributed by atoms with E-state index in [4.69, 9.17) is 5.26 Å². The molecule has 0 saturated carbocycles. The van der Waals surface area contributed by atoms with Gasteiger partial charge in [0.1, 0.15) is 5.54 Å². The average Bonchev–Trinajstić information content (AvgIpc) is 2.37. The fourth-order valence-corrected chi connectivity index (χ4v) is 4.12. The maximum atomic E-state index is 12.9. The second-order valence-electron chi connectivity index (χ2n) is 5.62. The molecule has 0 aromatic heterocycles. The zero-order valence-electron chi connectivity index (χ0n) is 13.1. The second-order valence-corrected chi connectivity index (χ2v) is 7.45. The summed E-state index contributed by atoms with van der Waals surface area (Å²) in [6, 6.07) is 6.72. The van der Waals surface area contributed by atoms with Crippen LogP contribution in [-0.2, 0) is 14.8 Å². The highest BCUT2D eigenvalue weighted by molar-refractivity contribution is 7.89. The Balaban J connectivity index is 3.46. The van der Waals surface area contributed by atoms with E-state index < -0.39 is 21.5 Å². The smallest absolute Gasteiger partial charge is 0.324 e. The van der Waals surface area contributed by atoms with Crippen LogP contribution in [0.25, 0.3) is 0 Å². The van der Waals surface area contributed by atoms with Crippen molar-refractivity contribution in [3.8, 4) is 6.07 Å². The molecule has 0 unspecified atom stereocenters. The van der Waals surface area contributed by atoms with Crippen molar-refractivity contribution in [1.82, 2.24) is 4.31 Å². The van der Waals surface area contributed by atoms with E-state index in [0.717, 1.165) is 9.87 Å². The highest BCUT2D eigenvalue weighted by Crippen LogP contribution is 2.27. The van der Waals surface area contributed by atoms with Crippen LogP contribution in [0.5, 0.6) is 0 Å². The van der Waals surface area contributed by atoms with Crippen molar-refractivity contribution in [3.05, 3.63) is 29.3 Å². The van der Waals surface area contributed by atoms with Crippen LogP contribution in [0.2, 0.25) is 0 Å². The van der Waals surface area contributed by atoms with Crippen LogP contribution < -0.4 is 0 Å². The van der Waals surface area contributed by atoms with Gasteiger partial charge in [0.2, 0.25) is 10.0 Å². The molecule has 0 heterocycles. The summed E-state index contributed by atoms with van der Waals surface area (Å²) >= 11 is 0. The molecular formula is C15H20N2O4S. The number of nitrogens with zero attached hydrogens (tertiary/aromatic N) is 2. The minimum atomic E-state index is -4.02. The van der Waals surface area contributed by atoms with Gasteiger partial charge in [-0.2, -0.15) is 9.57 Å². The summed E-state index contributed by atoms with van der Waals surface area (Å²) in [5.41, 5.74) is -0.187. The van der Waals surface area contributed by atoms with Crippen LogP contribution in [-0.4, -0.2) is 35.9 Å². The van der Waals surface area contributed by atoms with Gasteiger partial charge in [-0.25, -0.2) is 8.42 Å². The molecule has 0 saturated heterocycles. The van der Waals surface area contributed by atoms with Gasteiger partial charge in [-0.1, -0.05) is 17.7 Å². The van der Waals surface area contributed by atoms with Gasteiger partial charge in [0, 0.05) is 13.0 Å². The molecule has 0 amide bonds. The molecule has 7 heteroatoms. The van der Waals surface area contributed by atoms with Gasteiger partial charge in [0.15, 0.2) is 0 Å². The summed E-state index contributed by atoms with van der Waals surface area (Å²) in [6.45, 7) is 5.96. The molecule has 0 radical (unpaired) electrons. The van der Waals surface area contributed by atoms with Gasteiger partial charge in [-0.05, 0) is 39.3 Å². The van der Waals surface area contributed by atoms with Gasteiger partial charge in [-0.3, -0.25) is 4.79 Å². The third-order valence-electron chi connectivity index (χ3n) is 3.47. The third-order valence-corrected chi connectivity index (χ3v) is 5.71. The number of aliphatic carboxylic acids is 1. The number of sulfonamides is 1. The molecule has 0 aliphatic rings. The zero-order valence-corrected chi connectivity index (χ0v) is 13.9. The van der Waals surface area contributed by atoms with Crippen molar-refractivity contribution in [3.63, 3.8) is 0 Å². The first-order chi connectivity index (χ1) is 10.0. The first-order valence-electron chi connectivity index (χ1n) is 6.75. The Bertz CT molecular complexity index is 718. The van der Waals surface area contributed by atoms with E-state index in [1.807, 2.05) is 13.0 Å². The molecule has 1 N–H and O–H groups in total. The lowest BCUT2D eigenvalue weighted by atomic mass is 10.1. The van der Waals surface area contributed by atoms with Crippen LogP contribution >= 0.6 is 0 Å². The molecule has 0 atom stereocenters. The first-order valence-corrected chi connectivity index (χ1v) is 8.19. The SMILES string of the molecule is Cc1ccc(S(=O)(=O)N(CCC#N)C(C)(C)C(=O)O)c(C)c1. The van der Waals surface area contributed by atoms with Crippen LogP contribution in [0.3, 0.4) is 0 Å². The summed E-state index contributed by atoms with van der Waals surface area (Å²) in [5.74, 6) is -1.27. The van der Waals surface area contributed by atoms with Crippen molar-refractivity contribution in [2.24, 2.45) is 0 Å². The van der Waals surface area contributed by atoms with Crippen LogP contribution in [0.15, 0.2) is 23.1 Å². The molecular weight excluding hydrogens is 304 g/mol. The summed E-state index contributed by atoms with van der Waals surface area (Å²) in [5, 5.41) is 18.1. The van der Waals surface area contributed by atoms with Gasteiger partial charge >= 0.3 is 5.97 Å². The minimum absolute atomic E-state index is 0.0605. The monoisotopic (exact) mass is 324 g/mol. The van der Waals surface area contributed by atoms with E-state index in [1.54, 1.807) is 19.1 Å². The Morgan fingerprint density at radius 1 is 1.36 bits per heavy atom. The number of hydrogen-bond donors (Lipinski definition) is 1. The van der Waals surface area contributed by atoms with Gasteiger partial charge in [-0.15, -0.1) is 0 Å². The van der Waals surface area contributed by atoms with E-state index in [1.165, 1.54) is 19.9 Å². The molecule has 1 aromatic rings. The number of nitriles is 1. The van der Waals surface area contributed by atoms with Crippen molar-refractivity contribution in [2.75, 3.05) is 6.54 Å². The Kier molecular flexibility index (Phi) is 5.33. The molecule has 0 aliphatic heterocycles. The molecule has 0 aliphatic carbocycles. The lowest BCUT2D eigenvalue weighted by Gasteiger charge is -2.33. The quantitative estimate of drug-likeness (QED) is 0.863. The van der Waals surface area contributed by atoms with Gasteiger partial charge in [0.25, 0.3) is 0 Å². The zero-order chi connectivity index (χ0) is 17.1. The standard InChI is InChI=1S/C15H20N2O4S/c1-11-6-7-13(12(2)10-11)22(20,21)17(9-5-8-16)15(3,4)14(18)19/h6-7,10H,5,9H2,1-4H3,(H,18,19). The lowest BCUT2D eigenvalue weighted by molar-refractivity contribution is -0.146. The van der Waals surface area contributed by atoms with E-state index >= 15 is 0 Å². The first kappa shape index (κ1) is 18.1. The lowest BCUT2D eigenvalue weighted by Crippen LogP contribution is -2.53. The van der Waals surface area contributed by atoms with E-state index in [9.17, 15) is 18.3 Å². The number of carbonyl (C=O) groups is 1. The second kappa shape index (κ2) is 6.46. The topological polar surface area (TPSA) is 98.5 Å². The van der Waals surface area contributed by atoms with E-state index in [-0.39, 0.29) is 17.9 Å². The normalized spacial score (nSPS) is 12.2. The molecule has 22 heavy (non-hydrogen) atoms. The molecule has 1 aromatic carbocycles. The third kappa shape index (κ3) is 3.46. The van der Waals surface area contributed by atoms with Crippen molar-refractivity contribution in [2.45, 2.75) is 44.6 Å². The molecule has 0 spiro atoms. The fourth-order valence-electron chi connectivity index (χ4n) is 2.17. The Hall–Kier alpha value is -1.91. The number of hydrogen-bond acceptors (Lipinski definition) is 4. The van der Waals surface area contributed by atoms with Gasteiger partial charge in [0.05, 0.1) is 11.0 Å². The average molecular weight is 324 g/mol. The number of carboxylic acid groups (broad SMARTS) is 1. The Labute approximate surface area is 131 Å². The number of aryl methyl sites for hydroxylation is 2. The summed E-state index contributed by atoms with van der Waals surface area (Å²) in [6.07, 6.45) is -0.0825. The Morgan fingerprint density at radius 2 is 1.95 bits per heavy atom. The van der Waals surface area contributed by atoms with Crippen molar-refractivity contribution in [1.29, 1.82) is 5.26 Å². The molecule has 1 rings (SSSR count). The highest BCUT2D eigenvalue weighted by atomic mass is 32.2. The van der Waals surface area contributed by atoms with Crippen molar-refractivity contribution < 1.29 is 18.3 Å².